The lowest BCUT2D eigenvalue weighted by molar-refractivity contribution is 0.409. The molecule has 2 nitrogen and oxygen atoms in total. The van der Waals surface area contributed by atoms with Gasteiger partial charge in [0.25, 0.3) is 0 Å². The van der Waals surface area contributed by atoms with Crippen molar-refractivity contribution in [3.63, 3.8) is 0 Å². The Hall–Kier alpha value is -0.910. The second-order valence-corrected chi connectivity index (χ2v) is 6.46. The Morgan fingerprint density at radius 3 is 2.43 bits per heavy atom. The number of hydrogen-bond acceptors (Lipinski definition) is 2. The molecule has 0 saturated heterocycles. The van der Waals surface area contributed by atoms with Gasteiger partial charge in [0.1, 0.15) is 11.6 Å². The topological polar surface area (TPSA) is 21.3 Å². The number of methoxy groups -OCH3 is 1. The minimum Gasteiger partial charge on any atom is -0.494 e. The lowest BCUT2D eigenvalue weighted by Crippen LogP contribution is -2.18. The van der Waals surface area contributed by atoms with E-state index in [1.54, 1.807) is 19.2 Å². The molecule has 1 N–H and O–H groups in total. The van der Waals surface area contributed by atoms with Gasteiger partial charge < -0.3 is 10.1 Å². The zero-order valence-electron chi connectivity index (χ0n) is 11.8. The maximum Gasteiger partial charge on any atom is 0.147 e. The first kappa shape index (κ1) is 16.5. The van der Waals surface area contributed by atoms with Gasteiger partial charge in [-0.25, -0.2) is 4.39 Å². The quantitative estimate of drug-likeness (QED) is 0.722. The molecule has 2 aromatic carbocycles. The van der Waals surface area contributed by atoms with Crippen LogP contribution in [0.5, 0.6) is 5.75 Å². The van der Waals surface area contributed by atoms with Gasteiger partial charge in [-0.3, -0.25) is 0 Å². The van der Waals surface area contributed by atoms with Crippen molar-refractivity contribution in [2.24, 2.45) is 0 Å². The lowest BCUT2D eigenvalue weighted by atomic mass is 10.1. The van der Waals surface area contributed by atoms with Crippen LogP contribution in [0.1, 0.15) is 24.1 Å². The molecule has 0 aliphatic rings. The molecule has 0 amide bonds. The fourth-order valence-electron chi connectivity index (χ4n) is 2.07. The molecule has 0 aliphatic carbocycles. The highest BCUT2D eigenvalue weighted by Gasteiger charge is 2.10. The summed E-state index contributed by atoms with van der Waals surface area (Å²) >= 11 is 6.97. The highest BCUT2D eigenvalue weighted by Crippen LogP contribution is 2.34. The largest absolute Gasteiger partial charge is 0.494 e. The molecule has 112 valence electrons. The van der Waals surface area contributed by atoms with Gasteiger partial charge in [-0.2, -0.15) is 0 Å². The second kappa shape index (κ2) is 7.38. The first-order chi connectivity index (χ1) is 10.0. The van der Waals surface area contributed by atoms with E-state index in [4.69, 9.17) is 4.74 Å². The molecule has 21 heavy (non-hydrogen) atoms. The SMILES string of the molecule is COc1c(Br)cc(CN[C@H](C)c2cccc(F)c2)cc1Br. The monoisotopic (exact) mass is 415 g/mol. The van der Waals surface area contributed by atoms with Crippen LogP contribution in [0.25, 0.3) is 0 Å². The highest BCUT2D eigenvalue weighted by molar-refractivity contribution is 9.11. The van der Waals surface area contributed by atoms with E-state index in [1.165, 1.54) is 6.07 Å². The van der Waals surface area contributed by atoms with Gasteiger partial charge in [0, 0.05) is 12.6 Å². The molecule has 0 aromatic heterocycles. The third-order valence-corrected chi connectivity index (χ3v) is 4.40. The minimum atomic E-state index is -0.212. The smallest absolute Gasteiger partial charge is 0.147 e. The number of hydrogen-bond donors (Lipinski definition) is 1. The summed E-state index contributed by atoms with van der Waals surface area (Å²) in [6.07, 6.45) is 0. The zero-order valence-corrected chi connectivity index (χ0v) is 15.0. The number of nitrogens with one attached hydrogen (secondary N) is 1. The molecule has 0 aliphatic heterocycles. The van der Waals surface area contributed by atoms with E-state index in [1.807, 2.05) is 25.1 Å². The number of ether oxygens (including phenoxy) is 1. The predicted octanol–water partition coefficient (Wildman–Crippen LogP) is 5.21. The fraction of sp³-hybridized carbons (Fsp3) is 0.250. The Morgan fingerprint density at radius 1 is 1.19 bits per heavy atom. The van der Waals surface area contributed by atoms with Gasteiger partial charge in [-0.05, 0) is 74.2 Å². The molecule has 0 spiro atoms. The van der Waals surface area contributed by atoms with Crippen LogP contribution in [-0.2, 0) is 6.54 Å². The number of benzene rings is 2. The normalized spacial score (nSPS) is 12.2. The molecule has 0 unspecified atom stereocenters. The van der Waals surface area contributed by atoms with Gasteiger partial charge in [0.15, 0.2) is 0 Å². The van der Waals surface area contributed by atoms with Crippen molar-refractivity contribution < 1.29 is 9.13 Å². The summed E-state index contributed by atoms with van der Waals surface area (Å²) in [6, 6.07) is 10.7. The Kier molecular flexibility index (Phi) is 5.79. The molecule has 0 heterocycles. The van der Waals surface area contributed by atoms with Crippen molar-refractivity contribution in [3.05, 3.63) is 62.3 Å². The number of halogens is 3. The van der Waals surface area contributed by atoms with E-state index in [2.05, 4.69) is 37.2 Å². The second-order valence-electron chi connectivity index (χ2n) is 4.75. The van der Waals surface area contributed by atoms with E-state index in [0.29, 0.717) is 6.54 Å². The van der Waals surface area contributed by atoms with E-state index in [9.17, 15) is 4.39 Å². The van der Waals surface area contributed by atoms with Crippen LogP contribution < -0.4 is 10.1 Å². The molecule has 0 fully saturated rings. The molecule has 2 rings (SSSR count). The summed E-state index contributed by atoms with van der Waals surface area (Å²) in [5.41, 5.74) is 2.04. The lowest BCUT2D eigenvalue weighted by Gasteiger charge is -2.15. The van der Waals surface area contributed by atoms with Gasteiger partial charge in [-0.1, -0.05) is 12.1 Å². The third kappa shape index (κ3) is 4.28. The molecular formula is C16H16Br2FNO. The molecule has 0 bridgehead atoms. The molecule has 2 aromatic rings. The average Bonchev–Trinajstić information content (AvgIpc) is 2.44. The molecule has 0 radical (unpaired) electrons. The summed E-state index contributed by atoms with van der Waals surface area (Å²) < 4.78 is 20.3. The third-order valence-electron chi connectivity index (χ3n) is 3.22. The Bertz CT molecular complexity index is 610. The van der Waals surface area contributed by atoms with E-state index < -0.39 is 0 Å². The maximum atomic E-state index is 13.2. The van der Waals surface area contributed by atoms with Crippen LogP contribution in [0.3, 0.4) is 0 Å². The van der Waals surface area contributed by atoms with Crippen LogP contribution in [0.2, 0.25) is 0 Å². The molecule has 0 saturated carbocycles. The van der Waals surface area contributed by atoms with Crippen LogP contribution in [0, 0.1) is 5.82 Å². The van der Waals surface area contributed by atoms with Crippen LogP contribution >= 0.6 is 31.9 Å². The van der Waals surface area contributed by atoms with E-state index >= 15 is 0 Å². The van der Waals surface area contributed by atoms with Crippen LogP contribution in [-0.4, -0.2) is 7.11 Å². The summed E-state index contributed by atoms with van der Waals surface area (Å²) in [5, 5.41) is 3.39. The Morgan fingerprint density at radius 2 is 1.86 bits per heavy atom. The van der Waals surface area contributed by atoms with Crippen molar-refractivity contribution in [3.8, 4) is 5.75 Å². The Balaban J connectivity index is 2.06. The summed E-state index contributed by atoms with van der Waals surface area (Å²) in [4.78, 5) is 0. The van der Waals surface area contributed by atoms with E-state index in [0.717, 1.165) is 25.8 Å². The van der Waals surface area contributed by atoms with E-state index in [-0.39, 0.29) is 11.9 Å². The van der Waals surface area contributed by atoms with Gasteiger partial charge in [0.05, 0.1) is 16.1 Å². The van der Waals surface area contributed by atoms with Crippen molar-refractivity contribution >= 4 is 31.9 Å². The maximum absolute atomic E-state index is 13.2. The first-order valence-electron chi connectivity index (χ1n) is 6.52. The van der Waals surface area contributed by atoms with Crippen molar-refractivity contribution in [2.75, 3.05) is 7.11 Å². The van der Waals surface area contributed by atoms with Crippen molar-refractivity contribution in [1.82, 2.24) is 5.32 Å². The summed E-state index contributed by atoms with van der Waals surface area (Å²) in [7, 11) is 1.63. The Labute approximate surface area is 141 Å². The van der Waals surface area contributed by atoms with Gasteiger partial charge in [-0.15, -0.1) is 0 Å². The summed E-state index contributed by atoms with van der Waals surface area (Å²) in [6.45, 7) is 2.70. The highest BCUT2D eigenvalue weighted by atomic mass is 79.9. The predicted molar refractivity (Wildman–Crippen MR) is 90.0 cm³/mol. The molecular weight excluding hydrogens is 401 g/mol. The van der Waals surface area contributed by atoms with Gasteiger partial charge >= 0.3 is 0 Å². The summed E-state index contributed by atoms with van der Waals surface area (Å²) in [5.74, 6) is 0.563. The number of rotatable bonds is 5. The molecule has 1 atom stereocenters. The minimum absolute atomic E-state index is 0.0698. The molecule has 5 heteroatoms. The standard InChI is InChI=1S/C16H16Br2FNO/c1-10(12-4-3-5-13(19)8-12)20-9-11-6-14(17)16(21-2)15(18)7-11/h3-8,10,20H,9H2,1-2H3/t10-/m1/s1. The fourth-order valence-corrected chi connectivity index (χ4v) is 3.68. The van der Waals surface area contributed by atoms with Crippen molar-refractivity contribution in [2.45, 2.75) is 19.5 Å². The van der Waals surface area contributed by atoms with Crippen LogP contribution in [0.15, 0.2) is 45.3 Å². The van der Waals surface area contributed by atoms with Crippen molar-refractivity contribution in [1.29, 1.82) is 0 Å². The van der Waals surface area contributed by atoms with Gasteiger partial charge in [0.2, 0.25) is 0 Å². The zero-order chi connectivity index (χ0) is 15.4. The average molecular weight is 417 g/mol. The van der Waals surface area contributed by atoms with Crippen LogP contribution in [0.4, 0.5) is 4.39 Å². The first-order valence-corrected chi connectivity index (χ1v) is 8.10.